The summed E-state index contributed by atoms with van der Waals surface area (Å²) in [5.41, 5.74) is 2.74. The van der Waals surface area contributed by atoms with Crippen molar-refractivity contribution >= 4 is 29.4 Å². The van der Waals surface area contributed by atoms with E-state index < -0.39 is 5.54 Å². The van der Waals surface area contributed by atoms with E-state index in [1.165, 1.54) is 12.1 Å². The zero-order valence-electron chi connectivity index (χ0n) is 16.3. The molecule has 0 spiro atoms. The molecule has 4 aromatic rings. The molecule has 0 atom stereocenters. The van der Waals surface area contributed by atoms with Gasteiger partial charge in [0.05, 0.1) is 23.5 Å². The number of nitrogens with zero attached hydrogens (tertiary/aromatic N) is 2. The molecule has 0 bridgehead atoms. The highest BCUT2D eigenvalue weighted by Crippen LogP contribution is 2.52. The fourth-order valence-electron chi connectivity index (χ4n) is 3.95. The second-order valence-corrected chi connectivity index (χ2v) is 7.98. The van der Waals surface area contributed by atoms with E-state index in [0.29, 0.717) is 0 Å². The Labute approximate surface area is 180 Å². The lowest BCUT2D eigenvalue weighted by molar-refractivity contribution is -0.120. The highest BCUT2D eigenvalue weighted by atomic mass is 32.2. The van der Waals surface area contributed by atoms with E-state index in [1.54, 1.807) is 4.31 Å². The van der Waals surface area contributed by atoms with Gasteiger partial charge in [0.15, 0.2) is 5.54 Å². The van der Waals surface area contributed by atoms with Gasteiger partial charge in [-0.05, 0) is 35.4 Å². The van der Waals surface area contributed by atoms with Gasteiger partial charge in [0, 0.05) is 0 Å². The fourth-order valence-corrected chi connectivity index (χ4v) is 5.17. The van der Waals surface area contributed by atoms with E-state index >= 15 is 0 Å². The minimum absolute atomic E-state index is 0.0138. The van der Waals surface area contributed by atoms with E-state index in [1.807, 2.05) is 109 Å². The predicted octanol–water partition coefficient (Wildman–Crippen LogP) is 6.05. The molecule has 1 amide bonds. The van der Waals surface area contributed by atoms with Crippen LogP contribution in [0, 0.1) is 0 Å². The number of amides is 1. The Morgan fingerprint density at radius 3 is 1.40 bits per heavy atom. The highest BCUT2D eigenvalue weighted by molar-refractivity contribution is 8.03. The molecule has 3 nitrogen and oxygen atoms in total. The van der Waals surface area contributed by atoms with E-state index in [-0.39, 0.29) is 5.91 Å². The maximum absolute atomic E-state index is 14.3. The molecule has 1 fully saturated rings. The topological polar surface area (TPSA) is 23.6 Å². The Morgan fingerprint density at radius 1 is 0.533 bits per heavy atom. The summed E-state index contributed by atoms with van der Waals surface area (Å²) in [4.78, 5) is 14.3. The van der Waals surface area contributed by atoms with Crippen LogP contribution in [-0.4, -0.2) is 5.91 Å². The molecule has 4 aromatic carbocycles. The summed E-state index contributed by atoms with van der Waals surface area (Å²) in [6.45, 7) is 0. The normalized spacial score (nSPS) is 15.4. The number of benzene rings is 4. The van der Waals surface area contributed by atoms with E-state index in [9.17, 15) is 4.79 Å². The molecule has 1 heterocycles. The minimum atomic E-state index is -0.982. The summed E-state index contributed by atoms with van der Waals surface area (Å²) in [5, 5.41) is 0. The second kappa shape index (κ2) is 7.73. The summed E-state index contributed by atoms with van der Waals surface area (Å²) in [6.07, 6.45) is 0. The molecule has 0 aromatic heterocycles. The largest absolute Gasteiger partial charge is 0.274 e. The van der Waals surface area contributed by atoms with Gasteiger partial charge in [-0.25, -0.2) is 4.31 Å². The van der Waals surface area contributed by atoms with E-state index in [4.69, 9.17) is 0 Å². The zero-order chi connectivity index (χ0) is 20.4. The maximum atomic E-state index is 14.3. The molecular formula is C26H20N2OS. The summed E-state index contributed by atoms with van der Waals surface area (Å²) >= 11 is 1.44. The van der Waals surface area contributed by atoms with Crippen LogP contribution < -0.4 is 8.61 Å². The Kier molecular flexibility index (Phi) is 4.77. The first-order valence-electron chi connectivity index (χ1n) is 9.86. The van der Waals surface area contributed by atoms with Crippen molar-refractivity contribution in [2.24, 2.45) is 0 Å². The van der Waals surface area contributed by atoms with Gasteiger partial charge < -0.3 is 0 Å². The van der Waals surface area contributed by atoms with Crippen molar-refractivity contribution in [3.05, 3.63) is 132 Å². The number of hydrogen-bond donors (Lipinski definition) is 0. The lowest BCUT2D eigenvalue weighted by Gasteiger charge is -2.36. The molecule has 0 unspecified atom stereocenters. The van der Waals surface area contributed by atoms with Gasteiger partial charge in [-0.1, -0.05) is 97.1 Å². The SMILES string of the molecule is O=C1N(c2ccccc2)SN(c2ccccc2)C1(c1ccccc1)c1ccccc1. The Balaban J connectivity index is 1.79. The van der Waals surface area contributed by atoms with Gasteiger partial charge in [-0.2, -0.15) is 0 Å². The molecule has 0 saturated carbocycles. The molecular weight excluding hydrogens is 388 g/mol. The standard InChI is InChI=1S/C26H20N2OS/c29-25-26(21-13-5-1-6-14-21,22-15-7-2-8-16-22)28(24-19-11-4-12-20-24)30-27(25)23-17-9-3-10-18-23/h1-20H. The van der Waals surface area contributed by atoms with Gasteiger partial charge in [0.2, 0.25) is 0 Å². The molecule has 1 aliphatic rings. The molecule has 4 heteroatoms. The number of hydrogen-bond acceptors (Lipinski definition) is 3. The zero-order valence-corrected chi connectivity index (χ0v) is 17.1. The first-order chi connectivity index (χ1) is 14.8. The van der Waals surface area contributed by atoms with Gasteiger partial charge in [-0.15, -0.1) is 0 Å². The van der Waals surface area contributed by atoms with Crippen LogP contribution in [0.3, 0.4) is 0 Å². The van der Waals surface area contributed by atoms with Crippen LogP contribution in [0.5, 0.6) is 0 Å². The van der Waals surface area contributed by atoms with Crippen LogP contribution in [0.2, 0.25) is 0 Å². The highest BCUT2D eigenvalue weighted by Gasteiger charge is 2.57. The molecule has 30 heavy (non-hydrogen) atoms. The average molecular weight is 409 g/mol. The van der Waals surface area contributed by atoms with Crippen LogP contribution >= 0.6 is 12.1 Å². The van der Waals surface area contributed by atoms with Crippen molar-refractivity contribution in [1.82, 2.24) is 0 Å². The molecule has 146 valence electrons. The monoisotopic (exact) mass is 408 g/mol. The summed E-state index contributed by atoms with van der Waals surface area (Å²) < 4.78 is 3.93. The van der Waals surface area contributed by atoms with Crippen molar-refractivity contribution in [2.45, 2.75) is 5.54 Å². The number of carbonyl (C=O) groups excluding carboxylic acids is 1. The van der Waals surface area contributed by atoms with Crippen LogP contribution in [0.1, 0.15) is 11.1 Å². The van der Waals surface area contributed by atoms with E-state index in [2.05, 4.69) is 16.4 Å². The smallest absolute Gasteiger partial charge is 0.274 e. The molecule has 0 N–H and O–H groups in total. The second-order valence-electron chi connectivity index (χ2n) is 7.09. The Bertz CT molecular complexity index is 1100. The van der Waals surface area contributed by atoms with Gasteiger partial charge in [0.25, 0.3) is 5.91 Å². The minimum Gasteiger partial charge on any atom is -0.274 e. The lowest BCUT2D eigenvalue weighted by atomic mass is 9.81. The lowest BCUT2D eigenvalue weighted by Crippen LogP contribution is -2.47. The number of carbonyl (C=O) groups is 1. The first-order valence-corrected chi connectivity index (χ1v) is 10.6. The van der Waals surface area contributed by atoms with Crippen LogP contribution in [-0.2, 0) is 10.3 Å². The van der Waals surface area contributed by atoms with E-state index in [0.717, 1.165) is 22.5 Å². The van der Waals surface area contributed by atoms with Crippen molar-refractivity contribution < 1.29 is 4.79 Å². The predicted molar refractivity (Wildman–Crippen MR) is 124 cm³/mol. The van der Waals surface area contributed by atoms with Crippen LogP contribution in [0.25, 0.3) is 0 Å². The van der Waals surface area contributed by atoms with Crippen molar-refractivity contribution in [2.75, 3.05) is 8.61 Å². The molecule has 1 saturated heterocycles. The third kappa shape index (κ3) is 2.88. The average Bonchev–Trinajstić information content (AvgIpc) is 3.15. The van der Waals surface area contributed by atoms with Crippen molar-refractivity contribution in [1.29, 1.82) is 0 Å². The number of rotatable bonds is 4. The van der Waals surface area contributed by atoms with Crippen molar-refractivity contribution in [3.8, 4) is 0 Å². The number of para-hydroxylation sites is 2. The third-order valence-corrected chi connectivity index (χ3v) is 6.51. The maximum Gasteiger partial charge on any atom is 0.274 e. The summed E-state index contributed by atoms with van der Waals surface area (Å²) in [7, 11) is 0. The van der Waals surface area contributed by atoms with Gasteiger partial charge >= 0.3 is 0 Å². The summed E-state index contributed by atoms with van der Waals surface area (Å²) in [6, 6.07) is 40.0. The van der Waals surface area contributed by atoms with Gasteiger partial charge in [0.1, 0.15) is 0 Å². The Hall–Kier alpha value is -3.50. The molecule has 5 rings (SSSR count). The van der Waals surface area contributed by atoms with Crippen LogP contribution in [0.4, 0.5) is 11.4 Å². The number of anilines is 2. The molecule has 0 radical (unpaired) electrons. The first kappa shape index (κ1) is 18.5. The van der Waals surface area contributed by atoms with Crippen molar-refractivity contribution in [3.63, 3.8) is 0 Å². The third-order valence-electron chi connectivity index (χ3n) is 5.33. The van der Waals surface area contributed by atoms with Crippen LogP contribution in [0.15, 0.2) is 121 Å². The Morgan fingerprint density at radius 2 is 0.933 bits per heavy atom. The fraction of sp³-hybridized carbons (Fsp3) is 0.0385. The van der Waals surface area contributed by atoms with Gasteiger partial charge in [-0.3, -0.25) is 9.10 Å². The quantitative estimate of drug-likeness (QED) is 0.384. The summed E-state index contributed by atoms with van der Waals surface area (Å²) in [5.74, 6) is 0.0138. The molecule has 1 aliphatic heterocycles. The molecule has 0 aliphatic carbocycles.